The SMILES string of the molecule is C=CCn1cc(C2O[C@H](CCP(=C)(C)C)[C@@H](O)[C@H]2O)c(=O)[nH]c1=O. The highest BCUT2D eigenvalue weighted by Crippen LogP contribution is 2.40. The van der Waals surface area contributed by atoms with Gasteiger partial charge in [0, 0.05) is 12.7 Å². The Hall–Kier alpha value is -1.40. The van der Waals surface area contributed by atoms with Gasteiger partial charge < -0.3 is 14.9 Å². The third-order valence-corrected chi connectivity index (χ3v) is 5.52. The molecule has 0 bridgehead atoms. The summed E-state index contributed by atoms with van der Waals surface area (Å²) in [4.78, 5) is 26.0. The van der Waals surface area contributed by atoms with Crippen LogP contribution in [0.5, 0.6) is 0 Å². The second-order valence-electron chi connectivity index (χ2n) is 6.81. The van der Waals surface area contributed by atoms with E-state index in [9.17, 15) is 19.8 Å². The maximum atomic E-state index is 12.1. The smallest absolute Gasteiger partial charge is 0.328 e. The van der Waals surface area contributed by atoms with E-state index >= 15 is 0 Å². The zero-order valence-corrected chi connectivity index (χ0v) is 14.9. The summed E-state index contributed by atoms with van der Waals surface area (Å²) in [7, 11) is 0. The molecule has 134 valence electrons. The fourth-order valence-electron chi connectivity index (χ4n) is 2.72. The zero-order chi connectivity index (χ0) is 18.1. The summed E-state index contributed by atoms with van der Waals surface area (Å²) in [6.45, 7) is 6.65. The molecular weight excluding hydrogens is 331 g/mol. The molecule has 2 heterocycles. The molecule has 0 amide bonds. The van der Waals surface area contributed by atoms with Crippen LogP contribution in [0.3, 0.4) is 0 Å². The predicted molar refractivity (Wildman–Crippen MR) is 96.5 cm³/mol. The Balaban J connectivity index is 2.28. The molecule has 1 aliphatic rings. The van der Waals surface area contributed by atoms with Gasteiger partial charge >= 0.3 is 5.69 Å². The van der Waals surface area contributed by atoms with Crippen LogP contribution in [-0.2, 0) is 11.3 Å². The van der Waals surface area contributed by atoms with Gasteiger partial charge in [-0.3, -0.25) is 14.3 Å². The number of nitrogens with zero attached hydrogens (tertiary/aromatic N) is 1. The molecule has 4 atom stereocenters. The average Bonchev–Trinajstić information content (AvgIpc) is 2.75. The molecule has 0 aliphatic carbocycles. The first kappa shape index (κ1) is 18.9. The lowest BCUT2D eigenvalue weighted by Crippen LogP contribution is -2.35. The number of aliphatic hydroxyl groups is 2. The maximum Gasteiger partial charge on any atom is 0.328 e. The van der Waals surface area contributed by atoms with Crippen LogP contribution in [-0.4, -0.2) is 63.9 Å². The molecule has 1 aromatic rings. The van der Waals surface area contributed by atoms with Crippen LogP contribution in [0.4, 0.5) is 0 Å². The topological polar surface area (TPSA) is 105 Å². The van der Waals surface area contributed by atoms with E-state index in [1.165, 1.54) is 16.8 Å². The van der Waals surface area contributed by atoms with Crippen molar-refractivity contribution >= 4 is 13.2 Å². The van der Waals surface area contributed by atoms with Gasteiger partial charge in [0.15, 0.2) is 0 Å². The number of hydrogen-bond acceptors (Lipinski definition) is 5. The third-order valence-electron chi connectivity index (χ3n) is 4.05. The number of allylic oxidation sites excluding steroid dienone is 1. The van der Waals surface area contributed by atoms with Crippen molar-refractivity contribution in [3.8, 4) is 0 Å². The van der Waals surface area contributed by atoms with Crippen molar-refractivity contribution in [1.82, 2.24) is 9.55 Å². The van der Waals surface area contributed by atoms with Gasteiger partial charge in [-0.15, -0.1) is 19.8 Å². The number of H-pyrrole nitrogens is 1. The van der Waals surface area contributed by atoms with E-state index < -0.39 is 42.6 Å². The number of hydrogen-bond donors (Lipinski definition) is 3. The van der Waals surface area contributed by atoms with Gasteiger partial charge in [0.2, 0.25) is 0 Å². The number of aromatic nitrogens is 2. The summed E-state index contributed by atoms with van der Waals surface area (Å²) in [6, 6.07) is 0. The van der Waals surface area contributed by atoms with Crippen molar-refractivity contribution < 1.29 is 14.9 Å². The molecule has 3 N–H and O–H groups in total. The fraction of sp³-hybridized carbons (Fsp3) is 0.562. The summed E-state index contributed by atoms with van der Waals surface area (Å²) in [6.07, 6.45) is 4.51. The second kappa shape index (κ2) is 7.23. The molecule has 1 aromatic heterocycles. The van der Waals surface area contributed by atoms with Crippen molar-refractivity contribution in [2.24, 2.45) is 0 Å². The van der Waals surface area contributed by atoms with Crippen LogP contribution in [0.15, 0.2) is 28.4 Å². The van der Waals surface area contributed by atoms with E-state index in [2.05, 4.69) is 31.2 Å². The van der Waals surface area contributed by atoms with Crippen LogP contribution < -0.4 is 11.2 Å². The average molecular weight is 356 g/mol. The Morgan fingerprint density at radius 2 is 2.04 bits per heavy atom. The first-order chi connectivity index (χ1) is 11.1. The van der Waals surface area contributed by atoms with E-state index in [0.29, 0.717) is 6.42 Å². The van der Waals surface area contributed by atoms with Gasteiger partial charge in [-0.2, -0.15) is 0 Å². The largest absolute Gasteiger partial charge is 0.388 e. The minimum absolute atomic E-state index is 0.120. The summed E-state index contributed by atoms with van der Waals surface area (Å²) >= 11 is 0. The molecule has 1 unspecified atom stereocenters. The third kappa shape index (κ3) is 4.16. The minimum Gasteiger partial charge on any atom is -0.388 e. The Morgan fingerprint density at radius 1 is 1.38 bits per heavy atom. The summed E-state index contributed by atoms with van der Waals surface area (Å²) in [5.41, 5.74) is -1.06. The predicted octanol–water partition coefficient (Wildman–Crippen LogP) is -0.0164. The highest BCUT2D eigenvalue weighted by atomic mass is 31.2. The van der Waals surface area contributed by atoms with E-state index in [1.807, 2.05) is 0 Å². The van der Waals surface area contributed by atoms with E-state index in [4.69, 9.17) is 4.74 Å². The summed E-state index contributed by atoms with van der Waals surface area (Å²) in [5.74, 6) is 0. The molecule has 8 heteroatoms. The van der Waals surface area contributed by atoms with Gasteiger partial charge in [0.1, 0.15) is 18.3 Å². The van der Waals surface area contributed by atoms with Gasteiger partial charge in [-0.25, -0.2) is 4.79 Å². The second-order valence-corrected chi connectivity index (χ2v) is 11.1. The number of ether oxygens (including phenoxy) is 1. The number of nitrogens with one attached hydrogen (secondary N) is 1. The van der Waals surface area contributed by atoms with Crippen molar-refractivity contribution in [3.63, 3.8) is 0 Å². The first-order valence-corrected chi connectivity index (χ1v) is 10.8. The van der Waals surface area contributed by atoms with E-state index in [-0.39, 0.29) is 12.1 Å². The normalized spacial score (nSPS) is 27.3. The molecule has 2 rings (SSSR count). The highest BCUT2D eigenvalue weighted by Gasteiger charge is 2.44. The lowest BCUT2D eigenvalue weighted by atomic mass is 10.0. The summed E-state index contributed by atoms with van der Waals surface area (Å²) in [5, 5.41) is 20.5. The summed E-state index contributed by atoms with van der Waals surface area (Å²) < 4.78 is 7.02. The first-order valence-electron chi connectivity index (χ1n) is 7.77. The van der Waals surface area contributed by atoms with Crippen molar-refractivity contribution in [3.05, 3.63) is 45.3 Å². The van der Waals surface area contributed by atoms with Gasteiger partial charge in [-0.05, 0) is 25.9 Å². The fourth-order valence-corrected chi connectivity index (χ4v) is 3.68. The Kier molecular flexibility index (Phi) is 5.71. The van der Waals surface area contributed by atoms with Crippen LogP contribution in [0.2, 0.25) is 0 Å². The van der Waals surface area contributed by atoms with Crippen LogP contribution >= 0.6 is 6.89 Å². The van der Waals surface area contributed by atoms with Gasteiger partial charge in [0.25, 0.3) is 5.56 Å². The minimum atomic E-state index is -1.29. The molecule has 1 aliphatic heterocycles. The molecule has 1 fully saturated rings. The Bertz CT molecular complexity index is 762. The van der Waals surface area contributed by atoms with Crippen LogP contribution in [0.25, 0.3) is 0 Å². The van der Waals surface area contributed by atoms with Crippen molar-refractivity contribution in [2.45, 2.75) is 37.4 Å². The van der Waals surface area contributed by atoms with Crippen molar-refractivity contribution in [1.29, 1.82) is 0 Å². The van der Waals surface area contributed by atoms with Gasteiger partial charge in [-0.1, -0.05) is 6.08 Å². The Morgan fingerprint density at radius 3 is 2.62 bits per heavy atom. The number of aliphatic hydroxyl groups excluding tert-OH is 2. The highest BCUT2D eigenvalue weighted by molar-refractivity contribution is 7.72. The molecule has 0 spiro atoms. The van der Waals surface area contributed by atoms with Crippen LogP contribution in [0.1, 0.15) is 18.1 Å². The molecule has 24 heavy (non-hydrogen) atoms. The molecule has 0 radical (unpaired) electrons. The standard InChI is InChI=1S/C16H25N2O5P/c1-5-7-18-9-10(15(21)17-16(18)22)14-13(20)12(19)11(23-14)6-8-24(2,3)4/h5,9,11-14,19-20H,1-2,6-8H2,3-4H3,(H,17,21,22)/t11-,12-,13-,14?/m1/s1. The maximum absolute atomic E-state index is 12.1. The van der Waals surface area contributed by atoms with E-state index in [1.54, 1.807) is 0 Å². The zero-order valence-electron chi connectivity index (χ0n) is 14.0. The molecule has 1 saturated heterocycles. The molecular formula is C16H25N2O5P. The number of rotatable bonds is 6. The van der Waals surface area contributed by atoms with E-state index in [0.717, 1.165) is 6.16 Å². The lowest BCUT2D eigenvalue weighted by Gasteiger charge is -2.18. The van der Waals surface area contributed by atoms with Gasteiger partial charge in [0.05, 0.1) is 11.7 Å². The lowest BCUT2D eigenvalue weighted by molar-refractivity contribution is 0.00496. The monoisotopic (exact) mass is 356 g/mol. The molecule has 0 aromatic carbocycles. The molecule has 7 nitrogen and oxygen atoms in total. The Labute approximate surface area is 140 Å². The number of aromatic amines is 1. The molecule has 0 saturated carbocycles. The van der Waals surface area contributed by atoms with Crippen molar-refractivity contribution in [2.75, 3.05) is 19.5 Å². The van der Waals surface area contributed by atoms with Crippen LogP contribution in [0, 0.1) is 0 Å². The quantitative estimate of drug-likeness (QED) is 0.491.